The molecule has 1 atom stereocenters. The largest absolute Gasteiger partial charge is 0.453 e. The van der Waals surface area contributed by atoms with Gasteiger partial charge < -0.3 is 19.5 Å². The van der Waals surface area contributed by atoms with Gasteiger partial charge in [-0.05, 0) is 12.8 Å². The van der Waals surface area contributed by atoms with Gasteiger partial charge in [0.2, 0.25) is 0 Å². The average Bonchev–Trinajstić information content (AvgIpc) is 2.65. The van der Waals surface area contributed by atoms with Crippen LogP contribution in [0.4, 0.5) is 4.79 Å². The fraction of sp³-hybridized carbons (Fsp3) is 0.889. The first-order valence-corrected chi connectivity index (χ1v) is 4.82. The minimum atomic E-state index is -0.292. The van der Waals surface area contributed by atoms with Crippen LogP contribution in [0.25, 0.3) is 0 Å². The summed E-state index contributed by atoms with van der Waals surface area (Å²) in [6, 6.07) is 0.106. The Morgan fingerprint density at radius 1 is 1.64 bits per heavy atom. The number of hydrogen-bond donors (Lipinski definition) is 1. The summed E-state index contributed by atoms with van der Waals surface area (Å²) in [5, 5.41) is 8.53. The lowest BCUT2D eigenvalue weighted by atomic mass is 10.2. The zero-order valence-electron chi connectivity index (χ0n) is 8.44. The molecule has 1 fully saturated rings. The summed E-state index contributed by atoms with van der Waals surface area (Å²) in [4.78, 5) is 12.9. The lowest BCUT2D eigenvalue weighted by Gasteiger charge is -2.22. The van der Waals surface area contributed by atoms with Crippen LogP contribution in [0, 0.1) is 0 Å². The predicted molar refractivity (Wildman–Crippen MR) is 50.0 cm³/mol. The van der Waals surface area contributed by atoms with Crippen LogP contribution in [0.3, 0.4) is 0 Å². The van der Waals surface area contributed by atoms with Gasteiger partial charge in [-0.2, -0.15) is 0 Å². The molecule has 0 aliphatic carbocycles. The fourth-order valence-corrected chi connectivity index (χ4v) is 1.65. The molecule has 1 heterocycles. The summed E-state index contributed by atoms with van der Waals surface area (Å²) in [6.45, 7) is 1.56. The highest BCUT2D eigenvalue weighted by Gasteiger charge is 2.29. The van der Waals surface area contributed by atoms with Gasteiger partial charge in [0.05, 0.1) is 33.0 Å². The zero-order valence-corrected chi connectivity index (χ0v) is 8.44. The molecule has 1 aliphatic rings. The number of nitrogens with zero attached hydrogens (tertiary/aromatic N) is 1. The molecule has 0 saturated carbocycles. The Balaban J connectivity index is 2.31. The third-order valence-corrected chi connectivity index (χ3v) is 2.33. The summed E-state index contributed by atoms with van der Waals surface area (Å²) in [5.74, 6) is 0. The number of amides is 1. The highest BCUT2D eigenvalue weighted by Crippen LogP contribution is 2.18. The number of methoxy groups -OCH3 is 1. The number of aliphatic hydroxyl groups is 1. The predicted octanol–water partition coefficient (Wildman–Crippen LogP) is 0.226. The first kappa shape index (κ1) is 11.3. The maximum atomic E-state index is 11.3. The average molecular weight is 203 g/mol. The Hall–Kier alpha value is -0.810. The van der Waals surface area contributed by atoms with Crippen molar-refractivity contribution in [3.63, 3.8) is 0 Å². The monoisotopic (exact) mass is 203 g/mol. The van der Waals surface area contributed by atoms with E-state index in [0.717, 1.165) is 19.4 Å². The summed E-state index contributed by atoms with van der Waals surface area (Å²) < 4.78 is 9.84. The molecule has 0 radical (unpaired) electrons. The van der Waals surface area contributed by atoms with E-state index >= 15 is 0 Å². The van der Waals surface area contributed by atoms with Crippen molar-refractivity contribution < 1.29 is 19.4 Å². The number of carbonyl (C=O) groups is 1. The lowest BCUT2D eigenvalue weighted by molar-refractivity contribution is 0.0489. The van der Waals surface area contributed by atoms with Crippen LogP contribution >= 0.6 is 0 Å². The van der Waals surface area contributed by atoms with E-state index in [4.69, 9.17) is 9.84 Å². The van der Waals surface area contributed by atoms with E-state index in [-0.39, 0.29) is 18.7 Å². The van der Waals surface area contributed by atoms with Crippen LogP contribution < -0.4 is 0 Å². The number of hydrogen-bond acceptors (Lipinski definition) is 4. The molecule has 5 nitrogen and oxygen atoms in total. The molecule has 0 aromatic heterocycles. The van der Waals surface area contributed by atoms with Gasteiger partial charge in [0, 0.05) is 6.54 Å². The normalized spacial score (nSPS) is 21.3. The van der Waals surface area contributed by atoms with Gasteiger partial charge in [-0.1, -0.05) is 0 Å². The van der Waals surface area contributed by atoms with Crippen molar-refractivity contribution >= 4 is 6.09 Å². The molecule has 1 rings (SSSR count). The molecule has 1 saturated heterocycles. The van der Waals surface area contributed by atoms with Crippen LogP contribution in [0.2, 0.25) is 0 Å². The van der Waals surface area contributed by atoms with E-state index in [9.17, 15) is 4.79 Å². The third-order valence-electron chi connectivity index (χ3n) is 2.33. The smallest absolute Gasteiger partial charge is 0.409 e. The molecule has 1 aliphatic heterocycles. The van der Waals surface area contributed by atoms with E-state index < -0.39 is 0 Å². The van der Waals surface area contributed by atoms with Crippen molar-refractivity contribution in [3.8, 4) is 0 Å². The molecule has 1 amide bonds. The molecule has 14 heavy (non-hydrogen) atoms. The number of ether oxygens (including phenoxy) is 2. The van der Waals surface area contributed by atoms with Gasteiger partial charge in [0.1, 0.15) is 0 Å². The van der Waals surface area contributed by atoms with E-state index in [1.54, 1.807) is 4.90 Å². The number of rotatable bonds is 4. The van der Waals surface area contributed by atoms with Crippen LogP contribution in [0.1, 0.15) is 12.8 Å². The van der Waals surface area contributed by atoms with Crippen LogP contribution in [0.15, 0.2) is 0 Å². The van der Waals surface area contributed by atoms with Crippen molar-refractivity contribution in [3.05, 3.63) is 0 Å². The summed E-state index contributed by atoms with van der Waals surface area (Å²) in [7, 11) is 1.38. The first-order valence-electron chi connectivity index (χ1n) is 4.82. The Labute approximate surface area is 83.6 Å². The fourth-order valence-electron chi connectivity index (χ4n) is 1.65. The van der Waals surface area contributed by atoms with Crippen LogP contribution in [-0.2, 0) is 9.47 Å². The second-order valence-corrected chi connectivity index (χ2v) is 3.26. The second kappa shape index (κ2) is 5.82. The van der Waals surface area contributed by atoms with Crippen LogP contribution in [-0.4, -0.2) is 55.6 Å². The third kappa shape index (κ3) is 2.85. The van der Waals surface area contributed by atoms with Gasteiger partial charge in [0.25, 0.3) is 0 Å². The van der Waals surface area contributed by atoms with Gasteiger partial charge in [0.15, 0.2) is 0 Å². The van der Waals surface area contributed by atoms with Gasteiger partial charge in [-0.25, -0.2) is 4.79 Å². The van der Waals surface area contributed by atoms with E-state index in [0.29, 0.717) is 13.2 Å². The van der Waals surface area contributed by atoms with Crippen LogP contribution in [0.5, 0.6) is 0 Å². The summed E-state index contributed by atoms with van der Waals surface area (Å²) >= 11 is 0. The Morgan fingerprint density at radius 3 is 3.07 bits per heavy atom. The van der Waals surface area contributed by atoms with Crippen molar-refractivity contribution in [1.82, 2.24) is 4.90 Å². The maximum absolute atomic E-state index is 11.3. The molecule has 1 N–H and O–H groups in total. The van der Waals surface area contributed by atoms with E-state index in [1.165, 1.54) is 7.11 Å². The van der Waals surface area contributed by atoms with Crippen molar-refractivity contribution in [2.24, 2.45) is 0 Å². The molecule has 1 unspecified atom stereocenters. The summed E-state index contributed by atoms with van der Waals surface area (Å²) in [5.41, 5.74) is 0. The van der Waals surface area contributed by atoms with Gasteiger partial charge in [-0.3, -0.25) is 0 Å². The second-order valence-electron chi connectivity index (χ2n) is 3.26. The Morgan fingerprint density at radius 2 is 2.43 bits per heavy atom. The SMILES string of the molecule is COC(=O)N1CCCC1COCCO. The quantitative estimate of drug-likeness (QED) is 0.664. The Bertz CT molecular complexity index is 186. The van der Waals surface area contributed by atoms with Crippen molar-refractivity contribution in [2.45, 2.75) is 18.9 Å². The molecule has 82 valence electrons. The van der Waals surface area contributed by atoms with E-state index in [1.807, 2.05) is 0 Å². The Kier molecular flexibility index (Phi) is 4.69. The minimum Gasteiger partial charge on any atom is -0.453 e. The standard InChI is InChI=1S/C9H17NO4/c1-13-9(12)10-4-2-3-8(10)7-14-6-5-11/h8,11H,2-7H2,1H3. The molecule has 0 aromatic rings. The number of likely N-dealkylation sites (tertiary alicyclic amines) is 1. The first-order chi connectivity index (χ1) is 6.79. The highest BCUT2D eigenvalue weighted by molar-refractivity contribution is 5.68. The van der Waals surface area contributed by atoms with Gasteiger partial charge >= 0.3 is 6.09 Å². The molecule has 0 bridgehead atoms. The van der Waals surface area contributed by atoms with Gasteiger partial charge in [-0.15, -0.1) is 0 Å². The molecule has 0 spiro atoms. The molecular formula is C9H17NO4. The minimum absolute atomic E-state index is 0.0188. The molecule has 5 heteroatoms. The van der Waals surface area contributed by atoms with E-state index in [2.05, 4.69) is 4.74 Å². The zero-order chi connectivity index (χ0) is 10.4. The highest BCUT2D eigenvalue weighted by atomic mass is 16.5. The molecular weight excluding hydrogens is 186 g/mol. The number of aliphatic hydroxyl groups excluding tert-OH is 1. The topological polar surface area (TPSA) is 59.0 Å². The maximum Gasteiger partial charge on any atom is 0.409 e. The lowest BCUT2D eigenvalue weighted by Crippen LogP contribution is -2.38. The number of carbonyl (C=O) groups excluding carboxylic acids is 1. The van der Waals surface area contributed by atoms with Crippen molar-refractivity contribution in [2.75, 3.05) is 33.5 Å². The summed E-state index contributed by atoms with van der Waals surface area (Å²) in [6.07, 6.45) is 1.64. The van der Waals surface area contributed by atoms with Crippen molar-refractivity contribution in [1.29, 1.82) is 0 Å². The molecule has 0 aromatic carbocycles.